The molecule has 8 rings (SSSR count). The minimum absolute atomic E-state index is 0.144. The van der Waals surface area contributed by atoms with E-state index in [9.17, 15) is 18.4 Å². The Labute approximate surface area is 261 Å². The standard InChI is InChI=1S/C32H29ClF2N6O4/c33-20-4-5-21(37-11-20)14-40-24-6-3-19(8-25(24)45-32(34,35)30(40)43)26-22-12-38-41(13-18-9-31(10-18)15-44-16-31)29(22)39-23(7-17-1-2-17)27(26)28(36)42/h3-6,8,11-12,17-18H,1-2,7,9-10,13-16H2,(H2,36,42). The van der Waals surface area contributed by atoms with E-state index < -0.39 is 17.9 Å². The molecule has 2 aliphatic carbocycles. The highest BCUT2D eigenvalue weighted by atomic mass is 35.5. The highest BCUT2D eigenvalue weighted by Crippen LogP contribution is 2.51. The van der Waals surface area contributed by atoms with Crippen molar-refractivity contribution in [2.75, 3.05) is 18.1 Å². The van der Waals surface area contributed by atoms with E-state index >= 15 is 0 Å². The summed E-state index contributed by atoms with van der Waals surface area (Å²) in [6.45, 7) is 2.06. The minimum Gasteiger partial charge on any atom is -0.423 e. The van der Waals surface area contributed by atoms with Gasteiger partial charge in [0.2, 0.25) is 0 Å². The van der Waals surface area contributed by atoms with Crippen molar-refractivity contribution in [3.8, 4) is 16.9 Å². The van der Waals surface area contributed by atoms with E-state index in [2.05, 4.69) is 10.1 Å². The number of rotatable bonds is 8. The molecule has 0 bridgehead atoms. The summed E-state index contributed by atoms with van der Waals surface area (Å²) in [4.78, 5) is 35.9. The van der Waals surface area contributed by atoms with Gasteiger partial charge in [-0.15, -0.1) is 0 Å². The Morgan fingerprint density at radius 1 is 1.11 bits per heavy atom. The molecule has 3 fully saturated rings. The fourth-order valence-corrected chi connectivity index (χ4v) is 7.10. The van der Waals surface area contributed by atoms with Crippen molar-refractivity contribution >= 4 is 40.1 Å². The van der Waals surface area contributed by atoms with Crippen molar-refractivity contribution < 1.29 is 27.8 Å². The summed E-state index contributed by atoms with van der Waals surface area (Å²) in [6, 6.07) is 7.76. The van der Waals surface area contributed by atoms with E-state index in [-0.39, 0.29) is 23.5 Å². The Kier molecular flexibility index (Phi) is 6.41. The summed E-state index contributed by atoms with van der Waals surface area (Å²) in [7, 11) is 0. The second kappa shape index (κ2) is 10.2. The predicted molar refractivity (Wildman–Crippen MR) is 160 cm³/mol. The van der Waals surface area contributed by atoms with Crippen LogP contribution in [0.2, 0.25) is 5.02 Å². The number of pyridine rings is 2. The molecule has 5 heterocycles. The quantitative estimate of drug-likeness (QED) is 0.284. The number of halogens is 3. The SMILES string of the molecule is NC(=O)c1c(CC2CC2)nc2c(cnn2CC2CC3(COC3)C2)c1-c1ccc2c(c1)OC(F)(F)C(=O)N2Cc1ccc(Cl)cn1. The third-order valence-electron chi connectivity index (χ3n) is 9.36. The summed E-state index contributed by atoms with van der Waals surface area (Å²) in [5.41, 5.74) is 9.11. The molecule has 2 N–H and O–H groups in total. The first kappa shape index (κ1) is 28.3. The molecule has 0 unspecified atom stereocenters. The highest BCUT2D eigenvalue weighted by Gasteiger charge is 2.51. The Bertz CT molecular complexity index is 1860. The molecule has 4 aromatic rings. The minimum atomic E-state index is -4.12. The van der Waals surface area contributed by atoms with Crippen molar-refractivity contribution in [2.24, 2.45) is 23.0 Å². The van der Waals surface area contributed by atoms with Gasteiger partial charge in [0.15, 0.2) is 11.4 Å². The van der Waals surface area contributed by atoms with Gasteiger partial charge < -0.3 is 15.2 Å². The molecule has 10 nitrogen and oxygen atoms in total. The average Bonchev–Trinajstić information content (AvgIpc) is 3.69. The molecule has 13 heteroatoms. The van der Waals surface area contributed by atoms with Gasteiger partial charge in [-0.2, -0.15) is 13.9 Å². The number of nitrogens with zero attached hydrogens (tertiary/aromatic N) is 5. The first-order chi connectivity index (χ1) is 21.6. The molecule has 45 heavy (non-hydrogen) atoms. The molecule has 2 amide bonds. The van der Waals surface area contributed by atoms with Gasteiger partial charge in [-0.25, -0.2) is 9.67 Å². The fraction of sp³-hybridized carbons (Fsp3) is 0.406. The lowest BCUT2D eigenvalue weighted by Crippen LogP contribution is -2.53. The molecule has 2 saturated carbocycles. The first-order valence-electron chi connectivity index (χ1n) is 15.0. The maximum atomic E-state index is 15.0. The van der Waals surface area contributed by atoms with Gasteiger partial charge in [-0.1, -0.05) is 17.7 Å². The Morgan fingerprint density at radius 3 is 2.58 bits per heavy atom. The number of nitrogens with two attached hydrogens (primary N) is 1. The maximum Gasteiger partial charge on any atom is 0.482 e. The Hall–Kier alpha value is -4.16. The normalized spacial score (nSPS) is 20.1. The lowest BCUT2D eigenvalue weighted by molar-refractivity contribution is -0.193. The van der Waals surface area contributed by atoms with Crippen LogP contribution in [0.15, 0.2) is 42.7 Å². The van der Waals surface area contributed by atoms with Crippen molar-refractivity contribution in [3.05, 3.63) is 64.7 Å². The average molecular weight is 635 g/mol. The van der Waals surface area contributed by atoms with Crippen LogP contribution < -0.4 is 15.4 Å². The van der Waals surface area contributed by atoms with Crippen LogP contribution >= 0.6 is 11.6 Å². The molecule has 1 saturated heterocycles. The topological polar surface area (TPSA) is 125 Å². The van der Waals surface area contributed by atoms with Gasteiger partial charge in [0.1, 0.15) is 0 Å². The summed E-state index contributed by atoms with van der Waals surface area (Å²) in [5.74, 6) is -1.56. The number of fused-ring (bicyclic) bond motifs is 2. The zero-order valence-corrected chi connectivity index (χ0v) is 24.9. The van der Waals surface area contributed by atoms with Gasteiger partial charge in [-0.3, -0.25) is 19.5 Å². The zero-order chi connectivity index (χ0) is 31.1. The molecule has 4 aliphatic rings. The molecular formula is C32H29ClF2N6O4. The summed E-state index contributed by atoms with van der Waals surface area (Å²) in [6.07, 6.45) is 3.69. The number of aromatic nitrogens is 4. The molecule has 2 aliphatic heterocycles. The number of benzene rings is 1. The van der Waals surface area contributed by atoms with Crippen molar-refractivity contribution in [2.45, 2.75) is 51.3 Å². The number of ether oxygens (including phenoxy) is 2. The summed E-state index contributed by atoms with van der Waals surface area (Å²) >= 11 is 5.93. The molecule has 0 radical (unpaired) electrons. The van der Waals surface area contributed by atoms with Crippen LogP contribution in [0.3, 0.4) is 0 Å². The van der Waals surface area contributed by atoms with Crippen LogP contribution in [-0.2, 0) is 29.0 Å². The highest BCUT2D eigenvalue weighted by molar-refractivity contribution is 6.30. The summed E-state index contributed by atoms with van der Waals surface area (Å²) < 4.78 is 42.3. The van der Waals surface area contributed by atoms with E-state index in [1.165, 1.54) is 18.3 Å². The van der Waals surface area contributed by atoms with Crippen LogP contribution in [0.25, 0.3) is 22.2 Å². The van der Waals surface area contributed by atoms with E-state index in [1.807, 2.05) is 4.68 Å². The van der Waals surface area contributed by atoms with E-state index in [1.54, 1.807) is 24.4 Å². The van der Waals surface area contributed by atoms with Gasteiger partial charge in [0.25, 0.3) is 5.91 Å². The van der Waals surface area contributed by atoms with Crippen molar-refractivity contribution in [1.29, 1.82) is 0 Å². The molecule has 0 atom stereocenters. The van der Waals surface area contributed by atoms with Crippen LogP contribution in [-0.4, -0.2) is 50.9 Å². The third-order valence-corrected chi connectivity index (χ3v) is 9.58. The van der Waals surface area contributed by atoms with Gasteiger partial charge in [-0.05, 0) is 73.8 Å². The lowest BCUT2D eigenvalue weighted by atomic mass is 9.61. The molecule has 1 aromatic carbocycles. The second-order valence-electron chi connectivity index (χ2n) is 12.8. The molecular weight excluding hydrogens is 606 g/mol. The van der Waals surface area contributed by atoms with Gasteiger partial charge in [0.05, 0.1) is 53.6 Å². The molecule has 3 aromatic heterocycles. The number of alkyl halides is 2. The van der Waals surface area contributed by atoms with E-state index in [0.717, 1.165) is 43.8 Å². The van der Waals surface area contributed by atoms with Crippen LogP contribution in [0.1, 0.15) is 47.4 Å². The number of hydrogen-bond acceptors (Lipinski definition) is 7. The van der Waals surface area contributed by atoms with E-state index in [4.69, 9.17) is 31.8 Å². The van der Waals surface area contributed by atoms with Crippen LogP contribution in [0, 0.1) is 17.3 Å². The molecule has 232 valence electrons. The lowest BCUT2D eigenvalue weighted by Gasteiger charge is -2.53. The number of primary amides is 1. The fourth-order valence-electron chi connectivity index (χ4n) is 6.98. The number of carbonyl (C=O) groups is 2. The smallest absolute Gasteiger partial charge is 0.423 e. The second-order valence-corrected chi connectivity index (χ2v) is 13.2. The largest absolute Gasteiger partial charge is 0.482 e. The van der Waals surface area contributed by atoms with Crippen molar-refractivity contribution in [1.82, 2.24) is 19.7 Å². The summed E-state index contributed by atoms with van der Waals surface area (Å²) in [5, 5.41) is 5.64. The number of anilines is 1. The van der Waals surface area contributed by atoms with Gasteiger partial charge in [0, 0.05) is 29.1 Å². The number of carbonyl (C=O) groups excluding carboxylic acids is 2. The predicted octanol–water partition coefficient (Wildman–Crippen LogP) is 5.14. The van der Waals surface area contributed by atoms with Crippen LogP contribution in [0.5, 0.6) is 5.75 Å². The monoisotopic (exact) mass is 634 g/mol. The maximum absolute atomic E-state index is 15.0. The first-order valence-corrected chi connectivity index (χ1v) is 15.4. The third kappa shape index (κ3) is 4.91. The molecule has 1 spiro atoms. The number of amides is 2. The van der Waals surface area contributed by atoms with Gasteiger partial charge >= 0.3 is 12.0 Å². The van der Waals surface area contributed by atoms with Crippen molar-refractivity contribution in [3.63, 3.8) is 0 Å². The zero-order valence-electron chi connectivity index (χ0n) is 24.1. The Balaban J connectivity index is 1.22. The van der Waals surface area contributed by atoms with Crippen LogP contribution in [0.4, 0.5) is 14.5 Å². The Morgan fingerprint density at radius 2 is 1.91 bits per heavy atom. The number of hydrogen-bond donors (Lipinski definition) is 1. The van der Waals surface area contributed by atoms with E-state index in [0.29, 0.717) is 68.8 Å².